The molecule has 2 heterocycles. The second-order valence-corrected chi connectivity index (χ2v) is 10.2. The van der Waals surface area contributed by atoms with Gasteiger partial charge in [0.15, 0.2) is 5.76 Å². The van der Waals surface area contributed by atoms with Gasteiger partial charge in [0, 0.05) is 25.6 Å². The first-order valence-electron chi connectivity index (χ1n) is 12.9. The molecular formula is C30H37N3O4. The lowest BCUT2D eigenvalue weighted by Crippen LogP contribution is -2.42. The Balaban J connectivity index is 1.51. The van der Waals surface area contributed by atoms with Gasteiger partial charge >= 0.3 is 0 Å². The fourth-order valence-corrected chi connectivity index (χ4v) is 4.57. The Kier molecular flexibility index (Phi) is 8.34. The number of ether oxygens (including phenoxy) is 1. The van der Waals surface area contributed by atoms with E-state index in [4.69, 9.17) is 9.15 Å². The summed E-state index contributed by atoms with van der Waals surface area (Å²) >= 11 is 0. The number of nitrogens with zero attached hydrogens (tertiary/aromatic N) is 2. The van der Waals surface area contributed by atoms with E-state index in [0.717, 1.165) is 24.1 Å². The number of fused-ring (bicyclic) bond motifs is 1. The van der Waals surface area contributed by atoms with Crippen molar-refractivity contribution >= 4 is 11.8 Å². The lowest BCUT2D eigenvalue weighted by molar-refractivity contribution is -0.136. The van der Waals surface area contributed by atoms with E-state index in [-0.39, 0.29) is 36.1 Å². The fourth-order valence-electron chi connectivity index (χ4n) is 4.57. The van der Waals surface area contributed by atoms with Crippen molar-refractivity contribution in [3.8, 4) is 5.75 Å². The first kappa shape index (κ1) is 26.5. The molecule has 2 amide bonds. The predicted molar refractivity (Wildman–Crippen MR) is 144 cm³/mol. The molecule has 0 saturated heterocycles. The second-order valence-electron chi connectivity index (χ2n) is 10.2. The molecule has 0 aliphatic carbocycles. The zero-order chi connectivity index (χ0) is 26.5. The van der Waals surface area contributed by atoms with Crippen molar-refractivity contribution in [3.63, 3.8) is 0 Å². The number of carbonyl (C=O) groups is 2. The molecule has 1 atom stereocenters. The Hall–Kier alpha value is -3.58. The summed E-state index contributed by atoms with van der Waals surface area (Å²) in [6.45, 7) is 8.15. The number of amides is 2. The normalized spacial score (nSPS) is 15.1. The monoisotopic (exact) mass is 503 g/mol. The zero-order valence-electron chi connectivity index (χ0n) is 22.4. The molecule has 2 aromatic carbocycles. The molecule has 0 spiro atoms. The average molecular weight is 504 g/mol. The molecule has 7 nitrogen and oxygen atoms in total. The van der Waals surface area contributed by atoms with Gasteiger partial charge in [-0.15, -0.1) is 0 Å². The summed E-state index contributed by atoms with van der Waals surface area (Å²) in [5.74, 6) is 1.37. The van der Waals surface area contributed by atoms with E-state index >= 15 is 0 Å². The maximum Gasteiger partial charge on any atom is 0.287 e. The highest BCUT2D eigenvalue weighted by Crippen LogP contribution is 2.38. The molecule has 0 radical (unpaired) electrons. The van der Waals surface area contributed by atoms with Crippen molar-refractivity contribution in [2.45, 2.75) is 39.8 Å². The van der Waals surface area contributed by atoms with Gasteiger partial charge in [0.05, 0.1) is 6.04 Å². The number of aryl methyl sites for hydroxylation is 1. The third kappa shape index (κ3) is 6.41. The molecule has 1 unspecified atom stereocenters. The van der Waals surface area contributed by atoms with Crippen LogP contribution in [0.4, 0.5) is 0 Å². The largest absolute Gasteiger partial charge is 0.486 e. The Bertz CT molecular complexity index is 1230. The topological polar surface area (TPSA) is 75.0 Å². The van der Waals surface area contributed by atoms with Gasteiger partial charge in [0.1, 0.15) is 18.1 Å². The smallest absolute Gasteiger partial charge is 0.287 e. The zero-order valence-corrected chi connectivity index (χ0v) is 22.4. The fraction of sp³-hybridized carbons (Fsp3) is 0.400. The standard InChI is InChI=1S/C30H37N3O4/c1-20(2)30(35)33-16-14-22-10-11-24(18-26(22)28(33)23-8-6-21(3)7-9-23)36-19-25-12-13-27(37-25)29(34)31-15-17-32(4)5/h6-13,18,20,28H,14-17,19H2,1-5H3,(H,31,34). The van der Waals surface area contributed by atoms with Crippen molar-refractivity contribution in [1.82, 2.24) is 15.1 Å². The Labute approximate surface area is 219 Å². The maximum atomic E-state index is 13.2. The first-order valence-corrected chi connectivity index (χ1v) is 12.9. The van der Waals surface area contributed by atoms with E-state index in [9.17, 15) is 9.59 Å². The van der Waals surface area contributed by atoms with E-state index in [1.54, 1.807) is 12.1 Å². The Morgan fingerprint density at radius 3 is 2.57 bits per heavy atom. The summed E-state index contributed by atoms with van der Waals surface area (Å²) < 4.78 is 11.8. The van der Waals surface area contributed by atoms with Crippen molar-refractivity contribution in [3.05, 3.63) is 88.4 Å². The van der Waals surface area contributed by atoms with Crippen LogP contribution in [-0.4, -0.2) is 55.3 Å². The molecule has 1 aliphatic heterocycles. The Morgan fingerprint density at radius 2 is 1.86 bits per heavy atom. The number of rotatable bonds is 9. The number of furan rings is 1. The maximum absolute atomic E-state index is 13.2. The number of nitrogens with one attached hydrogen (secondary N) is 1. The molecule has 3 aromatic rings. The number of hydrogen-bond donors (Lipinski definition) is 1. The third-order valence-electron chi connectivity index (χ3n) is 6.63. The van der Waals surface area contributed by atoms with Crippen molar-refractivity contribution in [2.75, 3.05) is 33.7 Å². The van der Waals surface area contributed by atoms with E-state index in [1.165, 1.54) is 11.1 Å². The minimum absolute atomic E-state index is 0.0813. The van der Waals surface area contributed by atoms with Crippen LogP contribution in [0.3, 0.4) is 0 Å². The van der Waals surface area contributed by atoms with Crippen molar-refractivity contribution in [1.29, 1.82) is 0 Å². The van der Waals surface area contributed by atoms with Gasteiger partial charge in [0.25, 0.3) is 5.91 Å². The lowest BCUT2D eigenvalue weighted by Gasteiger charge is -2.39. The summed E-state index contributed by atoms with van der Waals surface area (Å²) in [6, 6.07) is 17.8. The van der Waals surface area contributed by atoms with Crippen LogP contribution in [0.15, 0.2) is 59.0 Å². The molecule has 1 aromatic heterocycles. The van der Waals surface area contributed by atoms with Crippen molar-refractivity contribution < 1.29 is 18.7 Å². The van der Waals surface area contributed by atoms with E-state index < -0.39 is 0 Å². The third-order valence-corrected chi connectivity index (χ3v) is 6.63. The molecule has 7 heteroatoms. The van der Waals surface area contributed by atoms with Crippen molar-refractivity contribution in [2.24, 2.45) is 5.92 Å². The molecular weight excluding hydrogens is 466 g/mol. The summed E-state index contributed by atoms with van der Waals surface area (Å²) in [7, 11) is 3.91. The summed E-state index contributed by atoms with van der Waals surface area (Å²) in [6.07, 6.45) is 0.806. The van der Waals surface area contributed by atoms with Crippen LogP contribution in [0.25, 0.3) is 0 Å². The molecule has 1 aliphatic rings. The van der Waals surface area contributed by atoms with Crippen LogP contribution < -0.4 is 10.1 Å². The van der Waals surface area contributed by atoms with E-state index in [2.05, 4.69) is 42.6 Å². The number of likely N-dealkylation sites (N-methyl/N-ethyl adjacent to an activating group) is 1. The van der Waals surface area contributed by atoms with Gasteiger partial charge in [-0.2, -0.15) is 0 Å². The highest BCUT2D eigenvalue weighted by molar-refractivity contribution is 5.91. The summed E-state index contributed by atoms with van der Waals surface area (Å²) in [5.41, 5.74) is 4.58. The molecule has 0 fully saturated rings. The molecule has 37 heavy (non-hydrogen) atoms. The molecule has 4 rings (SSSR count). The van der Waals surface area contributed by atoms with Crippen LogP contribution in [0.1, 0.15) is 58.5 Å². The first-order chi connectivity index (χ1) is 17.7. The SMILES string of the molecule is Cc1ccc(C2c3cc(OCc4ccc(C(=O)NCCN(C)C)o4)ccc3CCN2C(=O)C(C)C)cc1. The van der Waals surface area contributed by atoms with E-state index in [1.807, 2.05) is 49.9 Å². The van der Waals surface area contributed by atoms with E-state index in [0.29, 0.717) is 24.6 Å². The summed E-state index contributed by atoms with van der Waals surface area (Å²) in [5, 5.41) is 2.85. The molecule has 0 saturated carbocycles. The van der Waals surface area contributed by atoms with Gasteiger partial charge in [0.2, 0.25) is 5.91 Å². The quantitative estimate of drug-likeness (QED) is 0.462. The van der Waals surface area contributed by atoms with Gasteiger partial charge < -0.3 is 24.3 Å². The highest BCUT2D eigenvalue weighted by atomic mass is 16.5. The van der Waals surface area contributed by atoms with Gasteiger partial charge in [-0.05, 0) is 68.4 Å². The molecule has 196 valence electrons. The minimum atomic E-state index is -0.238. The molecule has 0 bridgehead atoms. The lowest BCUT2D eigenvalue weighted by atomic mass is 9.87. The summed E-state index contributed by atoms with van der Waals surface area (Å²) in [4.78, 5) is 29.5. The number of hydrogen-bond acceptors (Lipinski definition) is 5. The number of carbonyl (C=O) groups excluding carboxylic acids is 2. The van der Waals surface area contributed by atoms with Crippen LogP contribution >= 0.6 is 0 Å². The van der Waals surface area contributed by atoms with Crippen LogP contribution in [0.5, 0.6) is 5.75 Å². The van der Waals surface area contributed by atoms with Gasteiger partial charge in [-0.3, -0.25) is 9.59 Å². The van der Waals surface area contributed by atoms with Gasteiger partial charge in [-0.25, -0.2) is 0 Å². The van der Waals surface area contributed by atoms with Crippen LogP contribution in [0.2, 0.25) is 0 Å². The average Bonchev–Trinajstić information content (AvgIpc) is 3.36. The predicted octanol–water partition coefficient (Wildman–Crippen LogP) is 4.59. The van der Waals surface area contributed by atoms with Gasteiger partial charge in [-0.1, -0.05) is 49.7 Å². The molecule has 1 N–H and O–H groups in total. The highest BCUT2D eigenvalue weighted by Gasteiger charge is 2.33. The minimum Gasteiger partial charge on any atom is -0.486 e. The van der Waals surface area contributed by atoms with Crippen LogP contribution in [0, 0.1) is 12.8 Å². The second kappa shape index (κ2) is 11.6. The van der Waals surface area contributed by atoms with Crippen LogP contribution in [-0.2, 0) is 17.8 Å². The Morgan fingerprint density at radius 1 is 1.11 bits per heavy atom. The number of benzene rings is 2.